The van der Waals surface area contributed by atoms with Crippen molar-refractivity contribution < 1.29 is 5.11 Å². The van der Waals surface area contributed by atoms with Crippen LogP contribution >= 0.6 is 27.3 Å². The average Bonchev–Trinajstić information content (AvgIpc) is 2.97. The molecule has 21 heavy (non-hydrogen) atoms. The van der Waals surface area contributed by atoms with Crippen LogP contribution < -0.4 is 0 Å². The molecule has 1 aromatic carbocycles. The monoisotopic (exact) mass is 360 g/mol. The quantitative estimate of drug-likeness (QED) is 0.756. The van der Waals surface area contributed by atoms with Crippen LogP contribution in [0.4, 0.5) is 0 Å². The molecule has 0 fully saturated rings. The highest BCUT2D eigenvalue weighted by atomic mass is 79.9. The second-order valence-corrected chi connectivity index (χ2v) is 6.47. The van der Waals surface area contributed by atoms with Gasteiger partial charge in [0.1, 0.15) is 6.10 Å². The summed E-state index contributed by atoms with van der Waals surface area (Å²) in [5.74, 6) is 0. The molecule has 0 aliphatic heterocycles. The molecule has 1 atom stereocenters. The summed E-state index contributed by atoms with van der Waals surface area (Å²) in [5, 5.41) is 13.2. The molecule has 5 heteroatoms. The Morgan fingerprint density at radius 3 is 2.67 bits per heavy atom. The van der Waals surface area contributed by atoms with Gasteiger partial charge in [-0.2, -0.15) is 0 Å². The molecule has 1 unspecified atom stereocenters. The number of hydrogen-bond donors (Lipinski definition) is 1. The van der Waals surface area contributed by atoms with Crippen LogP contribution in [0.3, 0.4) is 0 Å². The van der Waals surface area contributed by atoms with E-state index in [0.717, 1.165) is 20.7 Å². The third kappa shape index (κ3) is 3.56. The number of thiazole rings is 1. The Labute approximate surface area is 135 Å². The number of aliphatic hydroxyl groups excluding tert-OH is 1. The summed E-state index contributed by atoms with van der Waals surface area (Å²) in [4.78, 5) is 8.80. The molecule has 0 saturated heterocycles. The average molecular weight is 361 g/mol. The lowest BCUT2D eigenvalue weighted by molar-refractivity contribution is 0.173. The van der Waals surface area contributed by atoms with Gasteiger partial charge in [-0.15, -0.1) is 11.3 Å². The SMILES string of the molecule is OC(Cc1nc(-c2ccccc2)cs1)c1ccc(Br)cn1. The highest BCUT2D eigenvalue weighted by Gasteiger charge is 2.13. The van der Waals surface area contributed by atoms with E-state index < -0.39 is 6.10 Å². The molecule has 0 saturated carbocycles. The Hall–Kier alpha value is -1.56. The van der Waals surface area contributed by atoms with Crippen LogP contribution in [0.15, 0.2) is 58.5 Å². The van der Waals surface area contributed by atoms with Crippen LogP contribution in [-0.4, -0.2) is 15.1 Å². The molecular formula is C16H13BrN2OS. The molecule has 3 aromatic rings. The van der Waals surface area contributed by atoms with Gasteiger partial charge >= 0.3 is 0 Å². The molecule has 2 aromatic heterocycles. The maximum atomic E-state index is 10.2. The normalized spacial score (nSPS) is 12.3. The minimum Gasteiger partial charge on any atom is -0.386 e. The molecule has 0 aliphatic carbocycles. The zero-order chi connectivity index (χ0) is 14.7. The Balaban J connectivity index is 1.74. The Morgan fingerprint density at radius 2 is 1.95 bits per heavy atom. The van der Waals surface area contributed by atoms with Gasteiger partial charge in [0, 0.05) is 28.0 Å². The molecule has 0 spiro atoms. The number of rotatable bonds is 4. The number of aliphatic hydroxyl groups is 1. The van der Waals surface area contributed by atoms with Gasteiger partial charge in [-0.1, -0.05) is 30.3 Å². The van der Waals surface area contributed by atoms with Crippen molar-refractivity contribution in [3.05, 3.63) is 69.2 Å². The van der Waals surface area contributed by atoms with Crippen LogP contribution in [0.1, 0.15) is 16.8 Å². The van der Waals surface area contributed by atoms with Gasteiger partial charge in [-0.25, -0.2) is 4.98 Å². The standard InChI is InChI=1S/C16H13BrN2OS/c17-12-6-7-13(18-9-12)15(20)8-16-19-14(10-21-16)11-4-2-1-3-5-11/h1-7,9-10,15,20H,8H2. The fourth-order valence-corrected chi connectivity index (χ4v) is 3.08. The van der Waals surface area contributed by atoms with Crippen LogP contribution in [0.5, 0.6) is 0 Å². The summed E-state index contributed by atoms with van der Waals surface area (Å²) in [5.41, 5.74) is 2.71. The van der Waals surface area contributed by atoms with Crippen LogP contribution in [0.2, 0.25) is 0 Å². The van der Waals surface area contributed by atoms with Crippen molar-refractivity contribution in [2.24, 2.45) is 0 Å². The Bertz CT molecular complexity index is 713. The molecule has 3 rings (SSSR count). The summed E-state index contributed by atoms with van der Waals surface area (Å²) in [7, 11) is 0. The summed E-state index contributed by atoms with van der Waals surface area (Å²) in [6, 6.07) is 13.7. The number of halogens is 1. The van der Waals surface area contributed by atoms with Crippen molar-refractivity contribution in [3.63, 3.8) is 0 Å². The predicted molar refractivity (Wildman–Crippen MR) is 88.2 cm³/mol. The number of pyridine rings is 1. The maximum absolute atomic E-state index is 10.2. The topological polar surface area (TPSA) is 46.0 Å². The summed E-state index contributed by atoms with van der Waals surface area (Å²) in [6.07, 6.45) is 1.54. The molecule has 1 N–H and O–H groups in total. The Morgan fingerprint density at radius 1 is 1.14 bits per heavy atom. The molecule has 0 radical (unpaired) electrons. The second kappa shape index (κ2) is 6.47. The maximum Gasteiger partial charge on any atom is 0.102 e. The zero-order valence-corrected chi connectivity index (χ0v) is 13.5. The summed E-state index contributed by atoms with van der Waals surface area (Å²) < 4.78 is 0.902. The first-order valence-corrected chi connectivity index (χ1v) is 8.19. The van der Waals surface area contributed by atoms with E-state index in [9.17, 15) is 5.11 Å². The molecular weight excluding hydrogens is 348 g/mol. The largest absolute Gasteiger partial charge is 0.386 e. The third-order valence-electron chi connectivity index (χ3n) is 3.08. The van der Waals surface area contributed by atoms with E-state index in [1.807, 2.05) is 47.8 Å². The Kier molecular flexibility index (Phi) is 4.43. The molecule has 0 amide bonds. The van der Waals surface area contributed by atoms with Gasteiger partial charge in [0.25, 0.3) is 0 Å². The van der Waals surface area contributed by atoms with E-state index in [0.29, 0.717) is 12.1 Å². The fourth-order valence-electron chi connectivity index (χ4n) is 2.00. The molecule has 2 heterocycles. The lowest BCUT2D eigenvalue weighted by atomic mass is 10.1. The van der Waals surface area contributed by atoms with E-state index in [1.54, 1.807) is 17.5 Å². The summed E-state index contributed by atoms with van der Waals surface area (Å²) in [6.45, 7) is 0. The van der Waals surface area contributed by atoms with Crippen molar-refractivity contribution in [2.45, 2.75) is 12.5 Å². The van der Waals surface area contributed by atoms with E-state index in [-0.39, 0.29) is 0 Å². The van der Waals surface area contributed by atoms with E-state index in [2.05, 4.69) is 25.9 Å². The van der Waals surface area contributed by atoms with E-state index in [1.165, 1.54) is 0 Å². The second-order valence-electron chi connectivity index (χ2n) is 4.61. The van der Waals surface area contributed by atoms with Crippen LogP contribution in [0.25, 0.3) is 11.3 Å². The van der Waals surface area contributed by atoms with Crippen molar-refractivity contribution in [1.29, 1.82) is 0 Å². The van der Waals surface area contributed by atoms with E-state index in [4.69, 9.17) is 0 Å². The minimum absolute atomic E-state index is 0.478. The van der Waals surface area contributed by atoms with Crippen molar-refractivity contribution in [1.82, 2.24) is 9.97 Å². The van der Waals surface area contributed by atoms with Gasteiger partial charge in [0.2, 0.25) is 0 Å². The van der Waals surface area contributed by atoms with Crippen molar-refractivity contribution in [2.75, 3.05) is 0 Å². The number of benzene rings is 1. The molecule has 0 bridgehead atoms. The minimum atomic E-state index is -0.632. The smallest absolute Gasteiger partial charge is 0.102 e. The first-order chi connectivity index (χ1) is 10.2. The summed E-state index contributed by atoms with van der Waals surface area (Å²) >= 11 is 4.90. The lowest BCUT2D eigenvalue weighted by Gasteiger charge is -2.07. The molecule has 0 aliphatic rings. The van der Waals surface area contributed by atoms with Gasteiger partial charge in [-0.3, -0.25) is 4.98 Å². The first-order valence-electron chi connectivity index (χ1n) is 6.52. The fraction of sp³-hybridized carbons (Fsp3) is 0.125. The number of hydrogen-bond acceptors (Lipinski definition) is 4. The van der Waals surface area contributed by atoms with Gasteiger partial charge in [-0.05, 0) is 28.1 Å². The number of nitrogens with zero attached hydrogens (tertiary/aromatic N) is 2. The molecule has 3 nitrogen and oxygen atoms in total. The van der Waals surface area contributed by atoms with Crippen molar-refractivity contribution >= 4 is 27.3 Å². The lowest BCUT2D eigenvalue weighted by Crippen LogP contribution is -2.03. The van der Waals surface area contributed by atoms with Crippen LogP contribution in [0, 0.1) is 0 Å². The van der Waals surface area contributed by atoms with Gasteiger partial charge in [0.15, 0.2) is 0 Å². The number of aromatic nitrogens is 2. The van der Waals surface area contributed by atoms with Gasteiger partial charge < -0.3 is 5.11 Å². The zero-order valence-electron chi connectivity index (χ0n) is 11.1. The van der Waals surface area contributed by atoms with Crippen molar-refractivity contribution in [3.8, 4) is 11.3 Å². The highest BCUT2D eigenvalue weighted by molar-refractivity contribution is 9.10. The van der Waals surface area contributed by atoms with Crippen LogP contribution in [-0.2, 0) is 6.42 Å². The van der Waals surface area contributed by atoms with Gasteiger partial charge in [0.05, 0.1) is 16.4 Å². The first kappa shape index (κ1) is 14.4. The predicted octanol–water partition coefficient (Wildman–Crippen LogP) is 4.24. The molecule has 106 valence electrons. The third-order valence-corrected chi connectivity index (χ3v) is 4.42. The highest BCUT2D eigenvalue weighted by Crippen LogP contribution is 2.25. The van der Waals surface area contributed by atoms with E-state index >= 15 is 0 Å².